The number of benzene rings is 8. The number of furan rings is 1. The predicted molar refractivity (Wildman–Crippen MR) is 274 cm³/mol. The van der Waals surface area contributed by atoms with Crippen molar-refractivity contribution in [2.45, 2.75) is 80.1 Å². The Morgan fingerprint density at radius 1 is 0.484 bits per heavy atom. The number of para-hydroxylation sites is 1. The number of anilines is 3. The monoisotopic (exact) mass is 828 g/mol. The number of rotatable bonds is 3. The molecule has 312 valence electrons. The highest BCUT2D eigenvalue weighted by Gasteiger charge is 2.45. The van der Waals surface area contributed by atoms with Crippen LogP contribution in [0.5, 0.6) is 0 Å². The third-order valence-electron chi connectivity index (χ3n) is 14.6. The van der Waals surface area contributed by atoms with Crippen molar-refractivity contribution in [3.8, 4) is 33.4 Å². The van der Waals surface area contributed by atoms with Gasteiger partial charge in [-0.3, -0.25) is 0 Å². The van der Waals surface area contributed by atoms with Crippen LogP contribution in [-0.4, -0.2) is 11.3 Å². The average Bonchev–Trinajstić information content (AvgIpc) is 3.79. The number of fused-ring (bicyclic) bond motifs is 11. The Morgan fingerprint density at radius 3 is 1.81 bits per heavy atom. The summed E-state index contributed by atoms with van der Waals surface area (Å²) in [6.45, 7) is 22.9. The van der Waals surface area contributed by atoms with Gasteiger partial charge in [0.15, 0.2) is 0 Å². The Labute approximate surface area is 377 Å². The van der Waals surface area contributed by atoms with Crippen LogP contribution in [0.25, 0.3) is 77.1 Å². The van der Waals surface area contributed by atoms with Gasteiger partial charge < -0.3 is 13.8 Å². The maximum atomic E-state index is 7.00. The zero-order valence-corrected chi connectivity index (χ0v) is 38.7. The van der Waals surface area contributed by atoms with Crippen LogP contribution in [0.2, 0.25) is 0 Å². The lowest BCUT2D eigenvalue weighted by Crippen LogP contribution is -2.56. The fourth-order valence-electron chi connectivity index (χ4n) is 11.5. The Hall–Kier alpha value is -6.78. The third kappa shape index (κ3) is 5.47. The SMILES string of the molecule is Cc1cccc(C)c1-c1cccc(N2c3cc(-c4c(C)cccc4C)ccc3B3c4c2cc2oc5ccccc5c2c4-c2cc(C(C)(C)C)cc4c5cc(C(C)(C)C)ccc5n3c24)c1. The molecule has 0 saturated carbocycles. The summed E-state index contributed by atoms with van der Waals surface area (Å²) < 4.78 is 9.71. The van der Waals surface area contributed by atoms with Crippen LogP contribution in [0, 0.1) is 27.7 Å². The molecule has 12 rings (SSSR count). The third-order valence-corrected chi connectivity index (χ3v) is 14.6. The van der Waals surface area contributed by atoms with Gasteiger partial charge in [-0.25, -0.2) is 0 Å². The van der Waals surface area contributed by atoms with E-state index in [1.165, 1.54) is 111 Å². The van der Waals surface area contributed by atoms with Crippen molar-refractivity contribution in [3.05, 3.63) is 173 Å². The second-order valence-corrected chi connectivity index (χ2v) is 20.8. The van der Waals surface area contributed by atoms with Crippen molar-refractivity contribution in [3.63, 3.8) is 0 Å². The number of hydrogen-bond donors (Lipinski definition) is 0. The molecule has 0 spiro atoms. The highest BCUT2D eigenvalue weighted by Crippen LogP contribution is 2.51. The summed E-state index contributed by atoms with van der Waals surface area (Å²) in [5.41, 5.74) is 25.8. The Morgan fingerprint density at radius 2 is 1.12 bits per heavy atom. The molecule has 2 aromatic heterocycles. The largest absolute Gasteiger partial charge is 0.456 e. The van der Waals surface area contributed by atoms with Crippen molar-refractivity contribution in [2.75, 3.05) is 4.90 Å². The minimum Gasteiger partial charge on any atom is -0.456 e. The molecule has 0 bridgehead atoms. The molecular formula is C60H53BN2O. The van der Waals surface area contributed by atoms with Crippen LogP contribution in [-0.2, 0) is 10.8 Å². The lowest BCUT2D eigenvalue weighted by Gasteiger charge is -2.41. The fourth-order valence-corrected chi connectivity index (χ4v) is 11.5. The van der Waals surface area contributed by atoms with Crippen LogP contribution >= 0.6 is 0 Å². The Bertz CT molecular complexity index is 3600. The van der Waals surface area contributed by atoms with E-state index in [-0.39, 0.29) is 17.7 Å². The van der Waals surface area contributed by atoms with E-state index in [1.54, 1.807) is 0 Å². The van der Waals surface area contributed by atoms with Crippen molar-refractivity contribution in [1.29, 1.82) is 0 Å². The van der Waals surface area contributed by atoms with E-state index in [9.17, 15) is 0 Å². The Kier molecular flexibility index (Phi) is 8.12. The first-order valence-electron chi connectivity index (χ1n) is 23.0. The predicted octanol–water partition coefficient (Wildman–Crippen LogP) is 15.3. The lowest BCUT2D eigenvalue weighted by molar-refractivity contribution is 0.590. The van der Waals surface area contributed by atoms with Gasteiger partial charge in [-0.05, 0) is 159 Å². The number of aryl methyl sites for hydroxylation is 4. The van der Waals surface area contributed by atoms with Crippen molar-refractivity contribution in [1.82, 2.24) is 4.48 Å². The van der Waals surface area contributed by atoms with E-state index >= 15 is 0 Å². The van der Waals surface area contributed by atoms with Crippen molar-refractivity contribution < 1.29 is 4.42 Å². The minimum absolute atomic E-state index is 0.00132. The number of hydrogen-bond acceptors (Lipinski definition) is 2. The van der Waals surface area contributed by atoms with E-state index in [4.69, 9.17) is 4.42 Å². The van der Waals surface area contributed by atoms with Gasteiger partial charge >= 0.3 is 6.85 Å². The highest BCUT2D eigenvalue weighted by molar-refractivity contribution is 6.90. The maximum absolute atomic E-state index is 7.00. The van der Waals surface area contributed by atoms with Crippen molar-refractivity contribution >= 4 is 78.6 Å². The first kappa shape index (κ1) is 38.9. The molecule has 64 heavy (non-hydrogen) atoms. The molecule has 3 nitrogen and oxygen atoms in total. The minimum atomic E-state index is -0.100. The molecule has 0 atom stereocenters. The van der Waals surface area contributed by atoms with E-state index in [2.05, 4.69) is 218 Å². The van der Waals surface area contributed by atoms with Gasteiger partial charge in [-0.2, -0.15) is 0 Å². The molecule has 4 heteroatoms. The van der Waals surface area contributed by atoms with Gasteiger partial charge in [0.05, 0.1) is 0 Å². The number of nitrogens with zero attached hydrogens (tertiary/aromatic N) is 2. The number of aromatic nitrogens is 1. The topological polar surface area (TPSA) is 21.3 Å². The first-order chi connectivity index (χ1) is 30.7. The summed E-state index contributed by atoms with van der Waals surface area (Å²) in [4.78, 5) is 2.56. The normalized spacial score (nSPS) is 13.4. The van der Waals surface area contributed by atoms with Crippen LogP contribution in [0.4, 0.5) is 17.1 Å². The molecule has 0 saturated heterocycles. The van der Waals surface area contributed by atoms with E-state index < -0.39 is 0 Å². The quantitative estimate of drug-likeness (QED) is 0.165. The summed E-state index contributed by atoms with van der Waals surface area (Å²) in [5, 5.41) is 4.98. The first-order valence-corrected chi connectivity index (χ1v) is 23.0. The molecular weight excluding hydrogens is 775 g/mol. The molecule has 10 aromatic rings. The van der Waals surface area contributed by atoms with Crippen molar-refractivity contribution in [2.24, 2.45) is 0 Å². The molecule has 0 radical (unpaired) electrons. The smallest absolute Gasteiger partial charge is 0.333 e. The second-order valence-electron chi connectivity index (χ2n) is 20.8. The van der Waals surface area contributed by atoms with Crippen LogP contribution in [0.3, 0.4) is 0 Å². The zero-order chi connectivity index (χ0) is 44.1. The van der Waals surface area contributed by atoms with Gasteiger partial charge in [0, 0.05) is 61.3 Å². The van der Waals surface area contributed by atoms with Crippen LogP contribution in [0.15, 0.2) is 144 Å². The van der Waals surface area contributed by atoms with Gasteiger partial charge in [0.1, 0.15) is 11.2 Å². The summed E-state index contributed by atoms with van der Waals surface area (Å²) in [5.74, 6) is 0. The highest BCUT2D eigenvalue weighted by atomic mass is 16.3. The van der Waals surface area contributed by atoms with E-state index in [1.807, 2.05) is 0 Å². The maximum Gasteiger partial charge on any atom is 0.333 e. The van der Waals surface area contributed by atoms with Gasteiger partial charge in [0.2, 0.25) is 0 Å². The fraction of sp³-hybridized carbons (Fsp3) is 0.200. The van der Waals surface area contributed by atoms with Gasteiger partial charge in [-0.15, -0.1) is 0 Å². The Balaban J connectivity index is 1.28. The summed E-state index contributed by atoms with van der Waals surface area (Å²) in [6.07, 6.45) is 0. The molecule has 0 amide bonds. The van der Waals surface area contributed by atoms with Crippen LogP contribution in [0.1, 0.15) is 74.9 Å². The summed E-state index contributed by atoms with van der Waals surface area (Å²) in [7, 11) is 0. The van der Waals surface area contributed by atoms with Gasteiger partial charge in [-0.1, -0.05) is 126 Å². The average molecular weight is 829 g/mol. The lowest BCUT2D eigenvalue weighted by atomic mass is 9.44. The van der Waals surface area contributed by atoms with E-state index in [0.29, 0.717) is 0 Å². The summed E-state index contributed by atoms with van der Waals surface area (Å²) in [6, 6.07) is 53.1. The molecule has 0 N–H and O–H groups in total. The second kappa shape index (κ2) is 13.4. The molecule has 0 unspecified atom stereocenters. The van der Waals surface area contributed by atoms with E-state index in [0.717, 1.165) is 27.9 Å². The molecule has 8 aromatic carbocycles. The molecule has 4 heterocycles. The molecule has 2 aliphatic rings. The zero-order valence-electron chi connectivity index (χ0n) is 38.7. The van der Waals surface area contributed by atoms with Crippen LogP contribution < -0.4 is 15.8 Å². The van der Waals surface area contributed by atoms with Gasteiger partial charge in [0.25, 0.3) is 0 Å². The molecule has 0 aliphatic carbocycles. The standard InChI is InChI=1S/C60H53BN2O/c1-34-16-13-17-35(2)53(34)38-20-15-21-42(28-38)62-49-29-39(54-36(3)18-14-19-37(54)4)24-26-47(49)61-57-50(62)33-52-55(43-22-11-12-23-51(43)64-52)56(57)46-32-41(60(8,9)10)31-45-44-30-40(59(5,6)7)25-27-48(44)63(61)58(45)46/h11-33H,1-10H3. The molecule has 2 aliphatic heterocycles. The molecule has 0 fully saturated rings. The summed E-state index contributed by atoms with van der Waals surface area (Å²) >= 11 is 0.